The van der Waals surface area contributed by atoms with Crippen molar-refractivity contribution in [3.63, 3.8) is 0 Å². The van der Waals surface area contributed by atoms with Gasteiger partial charge < -0.3 is 11.1 Å². The summed E-state index contributed by atoms with van der Waals surface area (Å²) in [6.45, 7) is 2.25. The van der Waals surface area contributed by atoms with Crippen LogP contribution in [-0.2, 0) is 0 Å². The van der Waals surface area contributed by atoms with Crippen molar-refractivity contribution >= 4 is 34.5 Å². The van der Waals surface area contributed by atoms with Crippen LogP contribution in [0.2, 0.25) is 5.02 Å². The lowest BCUT2D eigenvalue weighted by Gasteiger charge is -2.34. The lowest BCUT2D eigenvalue weighted by molar-refractivity contribution is 0.309. The van der Waals surface area contributed by atoms with Gasteiger partial charge in [0.15, 0.2) is 0 Å². The number of nitrogens with two attached hydrogens (primary N) is 1. The Kier molecular flexibility index (Phi) is 3.36. The number of thiocarbonyl (C=S) groups is 1. The van der Waals surface area contributed by atoms with E-state index in [0.717, 1.165) is 17.2 Å². The molecular weight excluding hydrogens is 240 g/mol. The quantitative estimate of drug-likeness (QED) is 0.814. The lowest BCUT2D eigenvalue weighted by Crippen LogP contribution is -2.34. The molecule has 0 bridgehead atoms. The van der Waals surface area contributed by atoms with Crippen molar-refractivity contribution in [1.29, 1.82) is 0 Å². The molecule has 0 amide bonds. The molecule has 1 aromatic carbocycles. The average molecular weight is 255 g/mol. The zero-order valence-electron chi connectivity index (χ0n) is 9.16. The zero-order valence-corrected chi connectivity index (χ0v) is 10.7. The van der Waals surface area contributed by atoms with E-state index in [0.29, 0.717) is 16.1 Å². The highest BCUT2D eigenvalue weighted by Gasteiger charge is 2.25. The van der Waals surface area contributed by atoms with Gasteiger partial charge in [-0.1, -0.05) is 30.7 Å². The monoisotopic (exact) mass is 254 g/mol. The van der Waals surface area contributed by atoms with E-state index in [1.54, 1.807) is 0 Å². The van der Waals surface area contributed by atoms with Gasteiger partial charge in [0.1, 0.15) is 4.99 Å². The Morgan fingerprint density at radius 1 is 1.50 bits per heavy atom. The molecule has 1 aliphatic carbocycles. The summed E-state index contributed by atoms with van der Waals surface area (Å²) in [5.41, 5.74) is 7.50. The number of hydrogen-bond donors (Lipinski definition) is 2. The van der Waals surface area contributed by atoms with Crippen LogP contribution in [0.5, 0.6) is 0 Å². The fraction of sp³-hybridized carbons (Fsp3) is 0.417. The molecule has 0 spiro atoms. The molecular formula is C12H15ClN2S. The summed E-state index contributed by atoms with van der Waals surface area (Å²) in [5, 5.41) is 4.15. The van der Waals surface area contributed by atoms with Gasteiger partial charge >= 0.3 is 0 Å². The van der Waals surface area contributed by atoms with Gasteiger partial charge in [-0.2, -0.15) is 0 Å². The summed E-state index contributed by atoms with van der Waals surface area (Å²) in [6, 6.07) is 6.10. The van der Waals surface area contributed by atoms with Crippen molar-refractivity contribution in [2.75, 3.05) is 5.32 Å². The molecule has 86 valence electrons. The molecule has 0 aliphatic heterocycles. The number of rotatable bonds is 3. The Labute approximate surface area is 106 Å². The van der Waals surface area contributed by atoms with Crippen LogP contribution in [0.1, 0.15) is 25.3 Å². The summed E-state index contributed by atoms with van der Waals surface area (Å²) >= 11 is 11.0. The van der Waals surface area contributed by atoms with Crippen LogP contribution in [0.15, 0.2) is 18.2 Å². The van der Waals surface area contributed by atoms with Crippen molar-refractivity contribution in [3.8, 4) is 0 Å². The van der Waals surface area contributed by atoms with Gasteiger partial charge in [0.05, 0.1) is 0 Å². The molecule has 0 radical (unpaired) electrons. The van der Waals surface area contributed by atoms with Crippen LogP contribution >= 0.6 is 23.8 Å². The number of anilines is 1. The van der Waals surface area contributed by atoms with Gasteiger partial charge in [0.25, 0.3) is 0 Å². The number of nitrogens with one attached hydrogen (secondary N) is 1. The second kappa shape index (κ2) is 4.60. The lowest BCUT2D eigenvalue weighted by atomic mass is 9.81. The molecule has 1 aliphatic rings. The predicted octanol–water partition coefficient (Wildman–Crippen LogP) is 3.18. The Hall–Kier alpha value is -0.800. The van der Waals surface area contributed by atoms with Crippen molar-refractivity contribution in [2.24, 2.45) is 11.7 Å². The minimum Gasteiger partial charge on any atom is -0.389 e. The number of benzene rings is 1. The van der Waals surface area contributed by atoms with Gasteiger partial charge in [-0.3, -0.25) is 0 Å². The average Bonchev–Trinajstić information content (AvgIpc) is 2.15. The summed E-state index contributed by atoms with van der Waals surface area (Å²) < 4.78 is 0. The highest BCUT2D eigenvalue weighted by atomic mass is 35.5. The van der Waals surface area contributed by atoms with E-state index in [-0.39, 0.29) is 0 Å². The Morgan fingerprint density at radius 3 is 2.75 bits per heavy atom. The molecule has 1 saturated carbocycles. The van der Waals surface area contributed by atoms with E-state index in [4.69, 9.17) is 29.6 Å². The maximum atomic E-state index is 5.97. The normalized spacial score (nSPS) is 23.6. The van der Waals surface area contributed by atoms with Gasteiger partial charge in [0.2, 0.25) is 0 Å². The van der Waals surface area contributed by atoms with Crippen molar-refractivity contribution in [2.45, 2.75) is 25.8 Å². The van der Waals surface area contributed by atoms with Crippen LogP contribution in [0.3, 0.4) is 0 Å². The van der Waals surface area contributed by atoms with Crippen LogP contribution in [-0.4, -0.2) is 11.0 Å². The van der Waals surface area contributed by atoms with Gasteiger partial charge in [-0.25, -0.2) is 0 Å². The van der Waals surface area contributed by atoms with E-state index in [1.165, 1.54) is 12.8 Å². The minimum atomic E-state index is 0.409. The number of hydrogen-bond acceptors (Lipinski definition) is 2. The summed E-state index contributed by atoms with van der Waals surface area (Å²) in [7, 11) is 0. The van der Waals surface area contributed by atoms with E-state index in [1.807, 2.05) is 18.2 Å². The molecule has 3 N–H and O–H groups in total. The molecule has 2 nitrogen and oxygen atoms in total. The standard InChI is InChI=1S/C12H15ClN2S/c1-7-4-9(5-7)15-11-6-8(13)2-3-10(11)12(14)16/h2-3,6-7,9,15H,4-5H2,1H3,(H2,14,16). The predicted molar refractivity (Wildman–Crippen MR) is 73.1 cm³/mol. The maximum absolute atomic E-state index is 5.97. The fourth-order valence-electron chi connectivity index (χ4n) is 2.09. The first-order valence-corrected chi connectivity index (χ1v) is 6.21. The summed E-state index contributed by atoms with van der Waals surface area (Å²) in [4.78, 5) is 0.409. The second-order valence-electron chi connectivity index (χ2n) is 4.47. The van der Waals surface area contributed by atoms with Gasteiger partial charge in [-0.05, 0) is 37.0 Å². The summed E-state index contributed by atoms with van der Waals surface area (Å²) in [6.07, 6.45) is 2.40. The third-order valence-electron chi connectivity index (χ3n) is 2.98. The molecule has 1 aromatic rings. The summed E-state index contributed by atoms with van der Waals surface area (Å²) in [5.74, 6) is 0.810. The first-order valence-electron chi connectivity index (χ1n) is 5.42. The Bertz CT molecular complexity index is 413. The fourth-order valence-corrected chi connectivity index (χ4v) is 2.44. The highest BCUT2D eigenvalue weighted by Crippen LogP contribution is 2.31. The van der Waals surface area contributed by atoms with Crippen LogP contribution in [0, 0.1) is 5.92 Å². The first-order chi connectivity index (χ1) is 7.56. The van der Waals surface area contributed by atoms with Crippen LogP contribution < -0.4 is 11.1 Å². The minimum absolute atomic E-state index is 0.409. The smallest absolute Gasteiger partial charge is 0.106 e. The Morgan fingerprint density at radius 2 is 2.19 bits per heavy atom. The van der Waals surface area contributed by atoms with Crippen molar-refractivity contribution in [1.82, 2.24) is 0 Å². The Balaban J connectivity index is 2.17. The topological polar surface area (TPSA) is 38.0 Å². The third kappa shape index (κ3) is 2.47. The molecule has 0 saturated heterocycles. The molecule has 16 heavy (non-hydrogen) atoms. The molecule has 2 rings (SSSR count). The van der Waals surface area contributed by atoms with E-state index >= 15 is 0 Å². The molecule has 0 unspecified atom stereocenters. The van der Waals surface area contributed by atoms with Crippen molar-refractivity contribution < 1.29 is 0 Å². The van der Waals surface area contributed by atoms with E-state index in [9.17, 15) is 0 Å². The van der Waals surface area contributed by atoms with E-state index in [2.05, 4.69) is 12.2 Å². The third-order valence-corrected chi connectivity index (χ3v) is 3.44. The molecule has 4 heteroatoms. The largest absolute Gasteiger partial charge is 0.389 e. The highest BCUT2D eigenvalue weighted by molar-refractivity contribution is 7.80. The molecule has 0 aromatic heterocycles. The molecule has 1 fully saturated rings. The zero-order chi connectivity index (χ0) is 11.7. The van der Waals surface area contributed by atoms with Crippen molar-refractivity contribution in [3.05, 3.63) is 28.8 Å². The first kappa shape index (κ1) is 11.7. The van der Waals surface area contributed by atoms with E-state index < -0.39 is 0 Å². The molecule has 0 atom stereocenters. The van der Waals surface area contributed by atoms with Crippen LogP contribution in [0.25, 0.3) is 0 Å². The van der Waals surface area contributed by atoms with Gasteiger partial charge in [0, 0.05) is 22.3 Å². The molecule has 0 heterocycles. The number of halogens is 1. The SMILES string of the molecule is CC1CC(Nc2cc(Cl)ccc2C(N)=S)C1. The maximum Gasteiger partial charge on any atom is 0.106 e. The second-order valence-corrected chi connectivity index (χ2v) is 5.35. The van der Waals surface area contributed by atoms with Crippen LogP contribution in [0.4, 0.5) is 5.69 Å². The van der Waals surface area contributed by atoms with Gasteiger partial charge in [-0.15, -0.1) is 0 Å².